The largest absolute Gasteiger partial charge is 0.480 e. The predicted molar refractivity (Wildman–Crippen MR) is 99.0 cm³/mol. The van der Waals surface area contributed by atoms with Gasteiger partial charge in [0.15, 0.2) is 0 Å². The molecule has 6 nitrogen and oxygen atoms in total. The summed E-state index contributed by atoms with van der Waals surface area (Å²) in [4.78, 5) is 31.9. The Balaban J connectivity index is 1.90. The van der Waals surface area contributed by atoms with Crippen LogP contribution in [0.1, 0.15) is 50.7 Å². The molecule has 1 fully saturated rings. The Morgan fingerprint density at radius 3 is 2.68 bits per heavy atom. The second-order valence-corrected chi connectivity index (χ2v) is 8.70. The van der Waals surface area contributed by atoms with E-state index < -0.39 is 5.97 Å². The lowest BCUT2D eigenvalue weighted by molar-refractivity contribution is -0.138. The second kappa shape index (κ2) is 8.27. The normalized spacial score (nSPS) is 19.1. The second-order valence-electron chi connectivity index (χ2n) is 7.85. The standard InChI is InChI=1S/C18H29N3O3S/c1-18(2,3)17-19-13(12-25-17)10-15(22)21-8-5-6-14(7-9-21)20(4)11-16(23)24/h12,14H,5-11H2,1-4H3,(H,23,24). The van der Waals surface area contributed by atoms with Crippen LogP contribution in [0.3, 0.4) is 0 Å². The number of hydrogen-bond acceptors (Lipinski definition) is 5. The zero-order valence-electron chi connectivity index (χ0n) is 15.6. The summed E-state index contributed by atoms with van der Waals surface area (Å²) in [6.45, 7) is 7.85. The number of aromatic nitrogens is 1. The van der Waals surface area contributed by atoms with E-state index in [4.69, 9.17) is 5.11 Å². The van der Waals surface area contributed by atoms with Crippen molar-refractivity contribution < 1.29 is 14.7 Å². The lowest BCUT2D eigenvalue weighted by atomic mass is 9.98. The first-order valence-corrected chi connectivity index (χ1v) is 9.69. The summed E-state index contributed by atoms with van der Waals surface area (Å²) in [7, 11) is 1.85. The van der Waals surface area contributed by atoms with Crippen LogP contribution < -0.4 is 0 Å². The van der Waals surface area contributed by atoms with Crippen LogP contribution >= 0.6 is 11.3 Å². The number of carbonyl (C=O) groups is 2. The molecule has 0 bridgehead atoms. The molecule has 1 aliphatic rings. The number of carboxylic acid groups (broad SMARTS) is 1. The van der Waals surface area contributed by atoms with Crippen LogP contribution in [-0.2, 0) is 21.4 Å². The zero-order valence-corrected chi connectivity index (χ0v) is 16.4. The SMILES string of the molecule is CN(CC(=O)O)C1CCCN(C(=O)Cc2csc(C(C)(C)C)n2)CC1. The van der Waals surface area contributed by atoms with Crippen LogP contribution in [0.4, 0.5) is 0 Å². The third kappa shape index (κ3) is 5.78. The highest BCUT2D eigenvalue weighted by molar-refractivity contribution is 7.09. The smallest absolute Gasteiger partial charge is 0.317 e. The van der Waals surface area contributed by atoms with Gasteiger partial charge in [-0.3, -0.25) is 14.5 Å². The summed E-state index contributed by atoms with van der Waals surface area (Å²) in [5.41, 5.74) is 0.861. The lowest BCUT2D eigenvalue weighted by Gasteiger charge is -2.25. The first-order valence-electron chi connectivity index (χ1n) is 8.81. The first-order chi connectivity index (χ1) is 11.7. The Bertz CT molecular complexity index is 609. The summed E-state index contributed by atoms with van der Waals surface area (Å²) in [6, 6.07) is 0.223. The van der Waals surface area contributed by atoms with E-state index in [0.717, 1.165) is 36.5 Å². The average molecular weight is 368 g/mol. The number of thiazole rings is 1. The Kier molecular flexibility index (Phi) is 6.57. The number of amides is 1. The number of carbonyl (C=O) groups excluding carboxylic acids is 1. The van der Waals surface area contributed by atoms with Crippen molar-refractivity contribution in [2.24, 2.45) is 0 Å². The van der Waals surface area contributed by atoms with Crippen molar-refractivity contribution >= 4 is 23.2 Å². The Morgan fingerprint density at radius 2 is 2.08 bits per heavy atom. The van der Waals surface area contributed by atoms with Gasteiger partial charge in [-0.15, -0.1) is 11.3 Å². The highest BCUT2D eigenvalue weighted by Crippen LogP contribution is 2.26. The molecule has 25 heavy (non-hydrogen) atoms. The van der Waals surface area contributed by atoms with Crippen LogP contribution in [0.15, 0.2) is 5.38 Å². The van der Waals surface area contributed by atoms with E-state index in [1.165, 1.54) is 0 Å². The fraction of sp³-hybridized carbons (Fsp3) is 0.722. The molecule has 1 N–H and O–H groups in total. The Labute approximate surface area is 153 Å². The van der Waals surface area contributed by atoms with Gasteiger partial charge in [-0.25, -0.2) is 4.98 Å². The molecule has 1 saturated heterocycles. The van der Waals surface area contributed by atoms with Crippen molar-refractivity contribution in [3.8, 4) is 0 Å². The highest BCUT2D eigenvalue weighted by Gasteiger charge is 2.25. The van der Waals surface area contributed by atoms with Crippen LogP contribution in [0.5, 0.6) is 0 Å². The van der Waals surface area contributed by atoms with Crippen molar-refractivity contribution in [3.05, 3.63) is 16.1 Å². The van der Waals surface area contributed by atoms with Gasteiger partial charge in [-0.1, -0.05) is 20.8 Å². The van der Waals surface area contributed by atoms with Crippen molar-refractivity contribution in [1.29, 1.82) is 0 Å². The van der Waals surface area contributed by atoms with Crippen LogP contribution in [-0.4, -0.2) is 64.5 Å². The molecule has 1 aliphatic heterocycles. The Morgan fingerprint density at radius 1 is 1.36 bits per heavy atom. The third-order valence-electron chi connectivity index (χ3n) is 4.58. The molecule has 140 valence electrons. The summed E-state index contributed by atoms with van der Waals surface area (Å²) in [5.74, 6) is -0.690. The van der Waals surface area contributed by atoms with Crippen LogP contribution in [0.25, 0.3) is 0 Å². The predicted octanol–water partition coefficient (Wildman–Crippen LogP) is 2.38. The molecule has 0 aliphatic carbocycles. The van der Waals surface area contributed by atoms with Crippen molar-refractivity contribution in [3.63, 3.8) is 0 Å². The molecule has 2 heterocycles. The number of likely N-dealkylation sites (N-methyl/N-ethyl adjacent to an activating group) is 1. The van der Waals surface area contributed by atoms with Crippen molar-refractivity contribution in [2.75, 3.05) is 26.7 Å². The van der Waals surface area contributed by atoms with Crippen LogP contribution in [0, 0.1) is 0 Å². The minimum Gasteiger partial charge on any atom is -0.480 e. The summed E-state index contributed by atoms with van der Waals surface area (Å²) < 4.78 is 0. The molecule has 0 aromatic carbocycles. The van der Waals surface area contributed by atoms with E-state index in [1.807, 2.05) is 22.2 Å². The minimum atomic E-state index is -0.808. The topological polar surface area (TPSA) is 73.7 Å². The molecule has 1 aromatic heterocycles. The number of rotatable bonds is 5. The third-order valence-corrected chi connectivity index (χ3v) is 5.90. The van der Waals surface area contributed by atoms with E-state index in [0.29, 0.717) is 13.0 Å². The molecule has 1 atom stereocenters. The Hall–Kier alpha value is -1.47. The van der Waals surface area contributed by atoms with Crippen LogP contribution in [0.2, 0.25) is 0 Å². The van der Waals surface area contributed by atoms with Gasteiger partial charge in [-0.2, -0.15) is 0 Å². The maximum absolute atomic E-state index is 12.6. The van der Waals surface area contributed by atoms with Gasteiger partial charge in [0.2, 0.25) is 5.91 Å². The monoisotopic (exact) mass is 367 g/mol. The van der Waals surface area contributed by atoms with E-state index in [9.17, 15) is 9.59 Å². The van der Waals surface area contributed by atoms with Gasteiger partial charge in [0.05, 0.1) is 23.7 Å². The molecule has 1 unspecified atom stereocenters. The fourth-order valence-corrected chi connectivity index (χ4v) is 4.02. The van der Waals surface area contributed by atoms with Gasteiger partial charge in [0, 0.05) is 29.9 Å². The van der Waals surface area contributed by atoms with Gasteiger partial charge in [0.25, 0.3) is 0 Å². The lowest BCUT2D eigenvalue weighted by Crippen LogP contribution is -2.37. The molecule has 2 rings (SSSR count). The number of nitrogens with zero attached hydrogens (tertiary/aromatic N) is 3. The number of carboxylic acids is 1. The summed E-state index contributed by atoms with van der Waals surface area (Å²) >= 11 is 1.62. The van der Waals surface area contributed by atoms with Gasteiger partial charge in [-0.05, 0) is 26.3 Å². The molecule has 0 saturated carbocycles. The molecule has 0 radical (unpaired) electrons. The maximum Gasteiger partial charge on any atom is 0.317 e. The first kappa shape index (κ1) is 19.8. The zero-order chi connectivity index (χ0) is 18.6. The highest BCUT2D eigenvalue weighted by atomic mass is 32.1. The van der Waals surface area contributed by atoms with Gasteiger partial charge in [0.1, 0.15) is 0 Å². The summed E-state index contributed by atoms with van der Waals surface area (Å²) in [6.07, 6.45) is 3.01. The average Bonchev–Trinajstić information content (AvgIpc) is 2.82. The fourth-order valence-electron chi connectivity index (χ4n) is 3.11. The van der Waals surface area contributed by atoms with E-state index in [2.05, 4.69) is 25.8 Å². The molecule has 1 amide bonds. The van der Waals surface area contributed by atoms with E-state index >= 15 is 0 Å². The number of aliphatic carboxylic acids is 1. The molecule has 1 aromatic rings. The van der Waals surface area contributed by atoms with Crippen molar-refractivity contribution in [1.82, 2.24) is 14.8 Å². The molecular weight excluding hydrogens is 338 g/mol. The molecular formula is C18H29N3O3S. The number of likely N-dealkylation sites (tertiary alicyclic amines) is 1. The van der Waals surface area contributed by atoms with Crippen molar-refractivity contribution in [2.45, 2.75) is 57.9 Å². The molecule has 7 heteroatoms. The maximum atomic E-state index is 12.6. The van der Waals surface area contributed by atoms with Gasteiger partial charge < -0.3 is 10.0 Å². The van der Waals surface area contributed by atoms with E-state index in [-0.39, 0.29) is 23.9 Å². The summed E-state index contributed by atoms with van der Waals surface area (Å²) in [5, 5.41) is 12.0. The minimum absolute atomic E-state index is 0.0104. The quantitative estimate of drug-likeness (QED) is 0.865. The number of hydrogen-bond donors (Lipinski definition) is 1. The molecule has 0 spiro atoms. The van der Waals surface area contributed by atoms with Gasteiger partial charge >= 0.3 is 5.97 Å². The van der Waals surface area contributed by atoms with E-state index in [1.54, 1.807) is 11.3 Å².